The van der Waals surface area contributed by atoms with Crippen LogP contribution in [0.2, 0.25) is 0 Å². The molecule has 1 atom stereocenters. The van der Waals surface area contributed by atoms with Crippen LogP contribution in [-0.4, -0.2) is 43.1 Å². The predicted molar refractivity (Wildman–Crippen MR) is 122 cm³/mol. The first-order chi connectivity index (χ1) is 14.9. The standard InChI is InChI=1S/C23H26BrN3O4/c1-15(17-5-10-21(22(13-17)30-4)31-12-11-29-3)26-23(28)20-14-25-27(16(20)2)19-8-6-18(24)7-9-19/h5-10,13-15H,11-12H2,1-4H3,(H,26,28). The highest BCUT2D eigenvalue weighted by atomic mass is 79.9. The maximum atomic E-state index is 12.9. The summed E-state index contributed by atoms with van der Waals surface area (Å²) in [6.45, 7) is 4.72. The van der Waals surface area contributed by atoms with E-state index in [1.54, 1.807) is 25.1 Å². The number of amides is 1. The average Bonchev–Trinajstić information content (AvgIpc) is 3.16. The van der Waals surface area contributed by atoms with E-state index in [9.17, 15) is 4.79 Å². The molecule has 31 heavy (non-hydrogen) atoms. The molecule has 2 aromatic carbocycles. The SMILES string of the molecule is COCCOc1ccc(C(C)NC(=O)c2cnn(-c3ccc(Br)cc3)c2C)cc1OC. The zero-order valence-electron chi connectivity index (χ0n) is 18.0. The number of benzene rings is 2. The van der Waals surface area contributed by atoms with Crippen molar-refractivity contribution < 1.29 is 19.0 Å². The third-order valence-electron chi connectivity index (χ3n) is 4.91. The van der Waals surface area contributed by atoms with Crippen LogP contribution < -0.4 is 14.8 Å². The highest BCUT2D eigenvalue weighted by Gasteiger charge is 2.18. The maximum Gasteiger partial charge on any atom is 0.255 e. The van der Waals surface area contributed by atoms with Crippen LogP contribution in [0.25, 0.3) is 5.69 Å². The molecular weight excluding hydrogens is 462 g/mol. The maximum absolute atomic E-state index is 12.9. The van der Waals surface area contributed by atoms with Gasteiger partial charge in [0.05, 0.1) is 42.9 Å². The zero-order valence-corrected chi connectivity index (χ0v) is 19.6. The average molecular weight is 488 g/mol. The molecule has 0 aliphatic rings. The van der Waals surface area contributed by atoms with Crippen LogP contribution in [0.4, 0.5) is 0 Å². The topological polar surface area (TPSA) is 74.6 Å². The number of aromatic nitrogens is 2. The summed E-state index contributed by atoms with van der Waals surface area (Å²) in [6.07, 6.45) is 1.59. The second-order valence-corrected chi connectivity index (χ2v) is 7.89. The lowest BCUT2D eigenvalue weighted by molar-refractivity contribution is 0.0939. The highest BCUT2D eigenvalue weighted by Crippen LogP contribution is 2.30. The number of hydrogen-bond acceptors (Lipinski definition) is 5. The van der Waals surface area contributed by atoms with Crippen LogP contribution in [0.1, 0.15) is 34.6 Å². The molecule has 1 N–H and O–H groups in total. The molecule has 164 valence electrons. The molecule has 0 aliphatic heterocycles. The van der Waals surface area contributed by atoms with Gasteiger partial charge in [0.1, 0.15) is 6.61 Å². The van der Waals surface area contributed by atoms with Crippen LogP contribution in [0, 0.1) is 6.92 Å². The summed E-state index contributed by atoms with van der Waals surface area (Å²) in [5.74, 6) is 1.05. The number of methoxy groups -OCH3 is 2. The Morgan fingerprint density at radius 1 is 1.13 bits per heavy atom. The van der Waals surface area contributed by atoms with Gasteiger partial charge in [0.15, 0.2) is 11.5 Å². The molecule has 0 saturated heterocycles. The van der Waals surface area contributed by atoms with Gasteiger partial charge in [0.25, 0.3) is 5.91 Å². The minimum atomic E-state index is -0.232. The number of carbonyl (C=O) groups excluding carboxylic acids is 1. The van der Waals surface area contributed by atoms with Crippen LogP contribution in [0.3, 0.4) is 0 Å². The van der Waals surface area contributed by atoms with Gasteiger partial charge in [0, 0.05) is 11.6 Å². The quantitative estimate of drug-likeness (QED) is 0.450. The smallest absolute Gasteiger partial charge is 0.255 e. The van der Waals surface area contributed by atoms with Crippen molar-refractivity contribution in [3.05, 3.63) is 70.0 Å². The van der Waals surface area contributed by atoms with E-state index < -0.39 is 0 Å². The van der Waals surface area contributed by atoms with E-state index in [1.165, 1.54) is 0 Å². The van der Waals surface area contributed by atoms with Gasteiger partial charge in [-0.2, -0.15) is 5.10 Å². The van der Waals surface area contributed by atoms with Gasteiger partial charge in [-0.15, -0.1) is 0 Å². The van der Waals surface area contributed by atoms with E-state index >= 15 is 0 Å². The normalized spacial score (nSPS) is 11.8. The van der Waals surface area contributed by atoms with Crippen molar-refractivity contribution in [3.8, 4) is 17.2 Å². The summed E-state index contributed by atoms with van der Waals surface area (Å²) >= 11 is 3.43. The molecule has 3 rings (SSSR count). The molecule has 1 amide bonds. The van der Waals surface area contributed by atoms with Crippen LogP contribution >= 0.6 is 15.9 Å². The first-order valence-electron chi connectivity index (χ1n) is 9.85. The fourth-order valence-electron chi connectivity index (χ4n) is 3.14. The summed E-state index contributed by atoms with van der Waals surface area (Å²) in [5, 5.41) is 7.42. The fourth-order valence-corrected chi connectivity index (χ4v) is 3.40. The molecule has 7 nitrogen and oxygen atoms in total. The molecule has 0 fully saturated rings. The fraction of sp³-hybridized carbons (Fsp3) is 0.304. The minimum absolute atomic E-state index is 0.187. The first kappa shape index (κ1) is 22.8. The molecule has 3 aromatic rings. The molecule has 0 spiro atoms. The Kier molecular flexibility index (Phi) is 7.70. The number of hydrogen-bond donors (Lipinski definition) is 1. The van der Waals surface area contributed by atoms with Gasteiger partial charge in [0.2, 0.25) is 0 Å². The summed E-state index contributed by atoms with van der Waals surface area (Å²) in [5.41, 5.74) is 3.09. The number of halogens is 1. The summed E-state index contributed by atoms with van der Waals surface area (Å²) in [7, 11) is 3.21. The Balaban J connectivity index is 1.72. The van der Waals surface area contributed by atoms with Crippen molar-refractivity contribution in [1.82, 2.24) is 15.1 Å². The van der Waals surface area contributed by atoms with Crippen molar-refractivity contribution in [2.24, 2.45) is 0 Å². The number of ether oxygens (including phenoxy) is 3. The third-order valence-corrected chi connectivity index (χ3v) is 5.43. The van der Waals surface area contributed by atoms with Gasteiger partial charge >= 0.3 is 0 Å². The molecule has 8 heteroatoms. The number of nitrogens with one attached hydrogen (secondary N) is 1. The summed E-state index contributed by atoms with van der Waals surface area (Å²) < 4.78 is 18.9. The van der Waals surface area contributed by atoms with Gasteiger partial charge in [-0.1, -0.05) is 22.0 Å². The van der Waals surface area contributed by atoms with E-state index in [0.717, 1.165) is 21.4 Å². The van der Waals surface area contributed by atoms with Crippen molar-refractivity contribution in [2.75, 3.05) is 27.4 Å². The number of nitrogens with zero attached hydrogens (tertiary/aromatic N) is 2. The second kappa shape index (κ2) is 10.5. The second-order valence-electron chi connectivity index (χ2n) is 6.98. The number of rotatable bonds is 9. The van der Waals surface area contributed by atoms with Gasteiger partial charge < -0.3 is 19.5 Å². The first-order valence-corrected chi connectivity index (χ1v) is 10.6. The lowest BCUT2D eigenvalue weighted by Gasteiger charge is -2.17. The molecular formula is C23H26BrN3O4. The Bertz CT molecular complexity index is 1030. The molecule has 0 aliphatic carbocycles. The van der Waals surface area contributed by atoms with Crippen molar-refractivity contribution in [2.45, 2.75) is 19.9 Å². The Labute approximate surface area is 190 Å². The predicted octanol–water partition coefficient (Wildman–Crippen LogP) is 4.47. The van der Waals surface area contributed by atoms with Crippen LogP contribution in [0.5, 0.6) is 11.5 Å². The summed E-state index contributed by atoms with van der Waals surface area (Å²) in [6, 6.07) is 13.1. The monoisotopic (exact) mass is 487 g/mol. The lowest BCUT2D eigenvalue weighted by atomic mass is 10.1. The van der Waals surface area contributed by atoms with Crippen LogP contribution in [0.15, 0.2) is 53.1 Å². The van der Waals surface area contributed by atoms with E-state index in [4.69, 9.17) is 14.2 Å². The molecule has 0 saturated carbocycles. The van der Waals surface area contributed by atoms with E-state index in [-0.39, 0.29) is 11.9 Å². The minimum Gasteiger partial charge on any atom is -0.493 e. The molecule has 1 aromatic heterocycles. The molecule has 1 unspecified atom stereocenters. The van der Waals surface area contributed by atoms with Crippen molar-refractivity contribution >= 4 is 21.8 Å². The van der Waals surface area contributed by atoms with Crippen molar-refractivity contribution in [1.29, 1.82) is 0 Å². The largest absolute Gasteiger partial charge is 0.493 e. The van der Waals surface area contributed by atoms with E-state index in [1.807, 2.05) is 56.3 Å². The highest BCUT2D eigenvalue weighted by molar-refractivity contribution is 9.10. The zero-order chi connectivity index (χ0) is 22.4. The van der Waals surface area contributed by atoms with Crippen molar-refractivity contribution in [3.63, 3.8) is 0 Å². The Morgan fingerprint density at radius 3 is 2.55 bits per heavy atom. The number of carbonyl (C=O) groups is 1. The lowest BCUT2D eigenvalue weighted by Crippen LogP contribution is -2.27. The van der Waals surface area contributed by atoms with Gasteiger partial charge in [-0.25, -0.2) is 4.68 Å². The van der Waals surface area contributed by atoms with Gasteiger partial charge in [-0.3, -0.25) is 4.79 Å². The van der Waals surface area contributed by atoms with Crippen LogP contribution in [-0.2, 0) is 4.74 Å². The van der Waals surface area contributed by atoms with Gasteiger partial charge in [-0.05, 0) is 55.8 Å². The molecule has 0 radical (unpaired) electrons. The molecule has 0 bridgehead atoms. The third kappa shape index (κ3) is 5.45. The van der Waals surface area contributed by atoms with E-state index in [0.29, 0.717) is 30.3 Å². The Morgan fingerprint density at radius 2 is 1.87 bits per heavy atom. The van der Waals surface area contributed by atoms with E-state index in [2.05, 4.69) is 26.3 Å². The Hall–Kier alpha value is -2.84. The molecule has 1 heterocycles. The summed E-state index contributed by atoms with van der Waals surface area (Å²) in [4.78, 5) is 12.9.